The molecule has 0 atom stereocenters. The van der Waals surface area contributed by atoms with Gasteiger partial charge in [-0.2, -0.15) is 13.2 Å². The van der Waals surface area contributed by atoms with Crippen LogP contribution >= 0.6 is 0 Å². The van der Waals surface area contributed by atoms with Crippen molar-refractivity contribution in [3.63, 3.8) is 0 Å². The van der Waals surface area contributed by atoms with Crippen molar-refractivity contribution in [2.75, 3.05) is 13.1 Å². The number of nitrogens with zero attached hydrogens (tertiary/aromatic N) is 1. The van der Waals surface area contributed by atoms with Crippen LogP contribution in [-0.4, -0.2) is 51.4 Å². The van der Waals surface area contributed by atoms with Crippen LogP contribution in [0.5, 0.6) is 11.5 Å². The highest BCUT2D eigenvalue weighted by molar-refractivity contribution is 6.00. The Kier molecular flexibility index (Phi) is 4.43. The predicted molar refractivity (Wildman–Crippen MR) is 59.4 cm³/mol. The fourth-order valence-corrected chi connectivity index (χ4v) is 1.48. The van der Waals surface area contributed by atoms with Gasteiger partial charge in [0.2, 0.25) is 0 Å². The van der Waals surface area contributed by atoms with Gasteiger partial charge in [0.15, 0.2) is 0 Å². The number of aliphatic carboxylic acids is 1. The smallest absolute Gasteiger partial charge is 0.406 e. The summed E-state index contributed by atoms with van der Waals surface area (Å²) in [5.41, 5.74) is -0.780. The molecule has 20 heavy (non-hydrogen) atoms. The third kappa shape index (κ3) is 4.04. The molecule has 0 aliphatic carbocycles. The number of phenols is 2. The van der Waals surface area contributed by atoms with Gasteiger partial charge in [-0.15, -0.1) is 0 Å². The summed E-state index contributed by atoms with van der Waals surface area (Å²) < 4.78 is 37.0. The zero-order valence-corrected chi connectivity index (χ0v) is 9.89. The van der Waals surface area contributed by atoms with Crippen LogP contribution in [0, 0.1) is 0 Å². The first kappa shape index (κ1) is 15.6. The Balaban J connectivity index is 3.13. The van der Waals surface area contributed by atoms with Crippen LogP contribution < -0.4 is 0 Å². The van der Waals surface area contributed by atoms with Crippen LogP contribution in [0.4, 0.5) is 13.2 Å². The van der Waals surface area contributed by atoms with Gasteiger partial charge in [0, 0.05) is 0 Å². The number of carboxylic acid groups (broad SMARTS) is 1. The fourth-order valence-electron chi connectivity index (χ4n) is 1.48. The Morgan fingerprint density at radius 2 is 1.65 bits per heavy atom. The summed E-state index contributed by atoms with van der Waals surface area (Å²) in [5, 5.41) is 27.3. The number of carboxylic acids is 1. The third-order valence-corrected chi connectivity index (χ3v) is 2.22. The molecule has 0 saturated heterocycles. The second-order valence-electron chi connectivity index (χ2n) is 3.84. The van der Waals surface area contributed by atoms with Crippen molar-refractivity contribution in [3.05, 3.63) is 23.8 Å². The Hall–Kier alpha value is -2.45. The summed E-state index contributed by atoms with van der Waals surface area (Å²) in [4.78, 5) is 22.3. The van der Waals surface area contributed by atoms with E-state index in [1.165, 1.54) is 6.07 Å². The lowest BCUT2D eigenvalue weighted by Crippen LogP contribution is -2.42. The first-order chi connectivity index (χ1) is 9.11. The van der Waals surface area contributed by atoms with E-state index in [1.54, 1.807) is 0 Å². The molecule has 1 rings (SSSR count). The molecule has 0 bridgehead atoms. The molecule has 9 heteroatoms. The molecule has 0 aromatic heterocycles. The molecule has 1 aromatic carbocycles. The number of hydrogen-bond donors (Lipinski definition) is 3. The van der Waals surface area contributed by atoms with E-state index >= 15 is 0 Å². The van der Waals surface area contributed by atoms with E-state index in [2.05, 4.69) is 0 Å². The second-order valence-corrected chi connectivity index (χ2v) is 3.84. The highest BCUT2D eigenvalue weighted by Crippen LogP contribution is 2.28. The molecule has 1 amide bonds. The minimum absolute atomic E-state index is 0.0306. The highest BCUT2D eigenvalue weighted by Gasteiger charge is 2.35. The van der Waals surface area contributed by atoms with E-state index in [1.807, 2.05) is 0 Å². The molecular weight excluding hydrogens is 283 g/mol. The molecule has 3 N–H and O–H groups in total. The SMILES string of the molecule is O=C(O)CN(CC(F)(F)F)C(=O)c1c(O)cccc1O. The minimum Gasteiger partial charge on any atom is -0.507 e. The Morgan fingerprint density at radius 1 is 1.15 bits per heavy atom. The average Bonchev–Trinajstić information content (AvgIpc) is 2.25. The van der Waals surface area contributed by atoms with E-state index in [0.29, 0.717) is 0 Å². The summed E-state index contributed by atoms with van der Waals surface area (Å²) >= 11 is 0. The molecule has 1 aromatic rings. The molecule has 0 aliphatic rings. The number of carbonyl (C=O) groups excluding carboxylic acids is 1. The van der Waals surface area contributed by atoms with Crippen LogP contribution in [0.3, 0.4) is 0 Å². The second kappa shape index (κ2) is 5.68. The maximum atomic E-state index is 12.3. The van der Waals surface area contributed by atoms with E-state index in [0.717, 1.165) is 12.1 Å². The normalized spacial score (nSPS) is 11.2. The number of halogens is 3. The number of phenolic OH excluding ortho intramolecular Hbond substituents is 2. The van der Waals surface area contributed by atoms with Gasteiger partial charge in [-0.1, -0.05) is 6.07 Å². The first-order valence-electron chi connectivity index (χ1n) is 5.20. The molecule has 0 heterocycles. The highest BCUT2D eigenvalue weighted by atomic mass is 19.4. The van der Waals surface area contributed by atoms with Crippen LogP contribution in [0.1, 0.15) is 10.4 Å². The summed E-state index contributed by atoms with van der Waals surface area (Å²) in [7, 11) is 0. The van der Waals surface area contributed by atoms with Gasteiger partial charge in [0.25, 0.3) is 5.91 Å². The molecule has 0 unspecified atom stereocenters. The summed E-state index contributed by atoms with van der Waals surface area (Å²) in [6, 6.07) is 3.14. The monoisotopic (exact) mass is 293 g/mol. The van der Waals surface area contributed by atoms with E-state index < -0.39 is 48.2 Å². The van der Waals surface area contributed by atoms with Gasteiger partial charge in [-0.3, -0.25) is 9.59 Å². The van der Waals surface area contributed by atoms with Crippen LogP contribution in [0.15, 0.2) is 18.2 Å². The molecule has 0 radical (unpaired) electrons. The number of aromatic hydroxyl groups is 2. The number of rotatable bonds is 4. The number of hydrogen-bond acceptors (Lipinski definition) is 4. The van der Waals surface area contributed by atoms with Crippen molar-refractivity contribution in [2.24, 2.45) is 0 Å². The van der Waals surface area contributed by atoms with Crippen molar-refractivity contribution >= 4 is 11.9 Å². The van der Waals surface area contributed by atoms with Crippen molar-refractivity contribution in [1.82, 2.24) is 4.90 Å². The zero-order valence-electron chi connectivity index (χ0n) is 9.89. The quantitative estimate of drug-likeness (QED) is 0.774. The summed E-state index contributed by atoms with van der Waals surface area (Å²) in [5.74, 6) is -4.57. The lowest BCUT2D eigenvalue weighted by Gasteiger charge is -2.22. The maximum Gasteiger partial charge on any atom is 0.406 e. The van der Waals surface area contributed by atoms with Gasteiger partial charge in [0.1, 0.15) is 30.2 Å². The lowest BCUT2D eigenvalue weighted by molar-refractivity contribution is -0.149. The number of amides is 1. The van der Waals surface area contributed by atoms with Crippen molar-refractivity contribution in [2.45, 2.75) is 6.18 Å². The predicted octanol–water partition coefficient (Wildman–Crippen LogP) is 1.19. The van der Waals surface area contributed by atoms with Crippen molar-refractivity contribution in [1.29, 1.82) is 0 Å². The summed E-state index contributed by atoms with van der Waals surface area (Å²) in [6.07, 6.45) is -4.81. The molecule has 0 spiro atoms. The number of alkyl halides is 3. The fraction of sp³-hybridized carbons (Fsp3) is 0.273. The van der Waals surface area contributed by atoms with Crippen molar-refractivity contribution < 1.29 is 38.1 Å². The van der Waals surface area contributed by atoms with Gasteiger partial charge in [-0.25, -0.2) is 0 Å². The standard InChI is InChI=1S/C11H10F3NO5/c12-11(13,14)5-15(4-8(18)19)10(20)9-6(16)2-1-3-7(9)17/h1-3,16-17H,4-5H2,(H,18,19). The molecule has 6 nitrogen and oxygen atoms in total. The van der Waals surface area contributed by atoms with Crippen LogP contribution in [-0.2, 0) is 4.79 Å². The first-order valence-corrected chi connectivity index (χ1v) is 5.20. The van der Waals surface area contributed by atoms with E-state index in [-0.39, 0.29) is 4.90 Å². The van der Waals surface area contributed by atoms with Gasteiger partial charge < -0.3 is 20.2 Å². The Morgan fingerprint density at radius 3 is 2.05 bits per heavy atom. The maximum absolute atomic E-state index is 12.3. The zero-order chi connectivity index (χ0) is 15.5. The topological polar surface area (TPSA) is 98.1 Å². The van der Waals surface area contributed by atoms with Gasteiger partial charge in [-0.05, 0) is 12.1 Å². The average molecular weight is 293 g/mol. The van der Waals surface area contributed by atoms with Gasteiger partial charge >= 0.3 is 12.1 Å². The largest absolute Gasteiger partial charge is 0.507 e. The van der Waals surface area contributed by atoms with Crippen molar-refractivity contribution in [3.8, 4) is 11.5 Å². The van der Waals surface area contributed by atoms with E-state index in [4.69, 9.17) is 5.11 Å². The Bertz CT molecular complexity index is 509. The number of benzene rings is 1. The van der Waals surface area contributed by atoms with Crippen LogP contribution in [0.2, 0.25) is 0 Å². The Labute approximate surface area is 110 Å². The van der Waals surface area contributed by atoms with Crippen LogP contribution in [0.25, 0.3) is 0 Å². The number of carbonyl (C=O) groups is 2. The van der Waals surface area contributed by atoms with E-state index in [9.17, 15) is 33.0 Å². The summed E-state index contributed by atoms with van der Waals surface area (Å²) in [6.45, 7) is -3.03. The molecular formula is C11H10F3NO5. The van der Waals surface area contributed by atoms with Gasteiger partial charge in [0.05, 0.1) is 0 Å². The molecule has 0 aliphatic heterocycles. The lowest BCUT2D eigenvalue weighted by atomic mass is 10.1. The molecule has 0 fully saturated rings. The minimum atomic E-state index is -4.81. The molecule has 110 valence electrons. The third-order valence-electron chi connectivity index (χ3n) is 2.22. The molecule has 0 saturated carbocycles.